The van der Waals surface area contributed by atoms with Gasteiger partial charge in [-0.3, -0.25) is 20.2 Å². The molecule has 0 fully saturated rings. The van der Waals surface area contributed by atoms with E-state index in [1.165, 1.54) is 29.7 Å². The number of hydrogen-bond acceptors (Lipinski definition) is 6. The van der Waals surface area contributed by atoms with Gasteiger partial charge in [0.1, 0.15) is 0 Å². The first-order valence-corrected chi connectivity index (χ1v) is 9.09. The van der Waals surface area contributed by atoms with E-state index in [0.29, 0.717) is 10.8 Å². The molecule has 4 rings (SSSR count). The number of nitrogens with zero attached hydrogens (tertiary/aromatic N) is 2. The van der Waals surface area contributed by atoms with Gasteiger partial charge < -0.3 is 4.42 Å². The molecule has 2 aromatic heterocycles. The monoisotopic (exact) mass is 391 g/mol. The zero-order chi connectivity index (χ0) is 19.5. The van der Waals surface area contributed by atoms with Crippen LogP contribution in [0.1, 0.15) is 10.6 Å². The lowest BCUT2D eigenvalue weighted by atomic mass is 10.1. The summed E-state index contributed by atoms with van der Waals surface area (Å²) in [6.45, 7) is 0. The molecule has 8 heteroatoms. The number of aromatic nitrogens is 1. The van der Waals surface area contributed by atoms with Crippen molar-refractivity contribution in [2.75, 3.05) is 5.32 Å². The van der Waals surface area contributed by atoms with E-state index in [4.69, 9.17) is 4.42 Å². The second-order valence-electron chi connectivity index (χ2n) is 5.80. The molecule has 1 N–H and O–H groups in total. The Hall–Kier alpha value is -3.78. The predicted molar refractivity (Wildman–Crippen MR) is 106 cm³/mol. The van der Waals surface area contributed by atoms with Gasteiger partial charge in [-0.2, -0.15) is 0 Å². The van der Waals surface area contributed by atoms with Gasteiger partial charge in [0.05, 0.1) is 21.8 Å². The molecule has 0 atom stereocenters. The fourth-order valence-corrected chi connectivity index (χ4v) is 3.65. The van der Waals surface area contributed by atoms with Crippen LogP contribution in [0.5, 0.6) is 0 Å². The average molecular weight is 391 g/mol. The molecule has 0 aliphatic rings. The van der Waals surface area contributed by atoms with E-state index >= 15 is 0 Å². The van der Waals surface area contributed by atoms with Gasteiger partial charge in [-0.15, -0.1) is 0 Å². The first-order chi connectivity index (χ1) is 13.6. The highest BCUT2D eigenvalue weighted by molar-refractivity contribution is 7.19. The van der Waals surface area contributed by atoms with Crippen molar-refractivity contribution >= 4 is 28.1 Å². The van der Waals surface area contributed by atoms with Gasteiger partial charge in [-0.05, 0) is 29.8 Å². The molecule has 7 nitrogen and oxygen atoms in total. The van der Waals surface area contributed by atoms with Gasteiger partial charge in [-0.1, -0.05) is 41.7 Å². The molecule has 138 valence electrons. The molecule has 0 saturated carbocycles. The number of amides is 1. The van der Waals surface area contributed by atoms with Gasteiger partial charge in [0.25, 0.3) is 11.6 Å². The van der Waals surface area contributed by atoms with Gasteiger partial charge in [0.15, 0.2) is 10.9 Å². The Morgan fingerprint density at radius 1 is 1.00 bits per heavy atom. The summed E-state index contributed by atoms with van der Waals surface area (Å²) in [4.78, 5) is 28.1. The molecular formula is C20H13N3O4S. The van der Waals surface area contributed by atoms with Gasteiger partial charge >= 0.3 is 0 Å². The normalized spacial score (nSPS) is 10.6. The van der Waals surface area contributed by atoms with Gasteiger partial charge in [-0.25, -0.2) is 4.98 Å². The van der Waals surface area contributed by atoms with E-state index < -0.39 is 10.8 Å². The number of thiazole rings is 1. The van der Waals surface area contributed by atoms with Gasteiger partial charge in [0, 0.05) is 17.7 Å². The fourth-order valence-electron chi connectivity index (χ4n) is 2.66. The molecular weight excluding hydrogens is 378 g/mol. The van der Waals surface area contributed by atoms with Crippen LogP contribution in [-0.4, -0.2) is 15.8 Å². The van der Waals surface area contributed by atoms with E-state index in [1.807, 2.05) is 30.3 Å². The Morgan fingerprint density at radius 3 is 2.39 bits per heavy atom. The Bertz CT molecular complexity index is 1120. The number of benzene rings is 2. The zero-order valence-corrected chi connectivity index (χ0v) is 15.2. The number of rotatable bonds is 5. The molecule has 1 amide bonds. The minimum atomic E-state index is -0.446. The summed E-state index contributed by atoms with van der Waals surface area (Å²) in [5.74, 6) is -0.207. The summed E-state index contributed by atoms with van der Waals surface area (Å²) in [7, 11) is 0. The van der Waals surface area contributed by atoms with Crippen LogP contribution < -0.4 is 5.32 Å². The first-order valence-electron chi connectivity index (χ1n) is 8.28. The number of nitro benzene ring substituents is 1. The molecule has 0 radical (unpaired) electrons. The van der Waals surface area contributed by atoms with Crippen molar-refractivity contribution in [3.05, 3.63) is 88.9 Å². The van der Waals surface area contributed by atoms with Crippen molar-refractivity contribution in [2.45, 2.75) is 0 Å². The van der Waals surface area contributed by atoms with Crippen molar-refractivity contribution in [1.82, 2.24) is 4.98 Å². The summed E-state index contributed by atoms with van der Waals surface area (Å²) in [6.07, 6.45) is 1.43. The van der Waals surface area contributed by atoms with E-state index in [1.54, 1.807) is 24.3 Å². The number of non-ortho nitro benzene ring substituents is 1. The Kier molecular flexibility index (Phi) is 4.69. The quantitative estimate of drug-likeness (QED) is 0.371. The standard InChI is InChI=1S/C20H13N3O4S/c24-19(16-7-4-12-27-16)22-20-21-17(13-8-10-15(11-9-13)23(25)26)18(28-20)14-5-2-1-3-6-14/h1-12H,(H,21,22,24). The number of carbonyl (C=O) groups excluding carboxylic acids is 1. The van der Waals surface area contributed by atoms with Crippen LogP contribution in [-0.2, 0) is 0 Å². The second kappa shape index (κ2) is 7.45. The molecule has 2 aromatic carbocycles. The third-order valence-electron chi connectivity index (χ3n) is 3.98. The molecule has 0 spiro atoms. The van der Waals surface area contributed by atoms with Crippen LogP contribution >= 0.6 is 11.3 Å². The molecule has 0 aliphatic carbocycles. The average Bonchev–Trinajstić information content (AvgIpc) is 3.39. The van der Waals surface area contributed by atoms with Crippen LogP contribution in [0.3, 0.4) is 0 Å². The predicted octanol–water partition coefficient (Wildman–Crippen LogP) is 5.23. The Labute approximate surface area is 163 Å². The van der Waals surface area contributed by atoms with Gasteiger partial charge in [0.2, 0.25) is 0 Å². The summed E-state index contributed by atoms with van der Waals surface area (Å²) in [6, 6.07) is 19.0. The molecule has 0 bridgehead atoms. The van der Waals surface area contributed by atoms with Crippen LogP contribution in [0.2, 0.25) is 0 Å². The topological polar surface area (TPSA) is 98.3 Å². The van der Waals surface area contributed by atoms with Crippen molar-refractivity contribution in [3.63, 3.8) is 0 Å². The number of furan rings is 1. The van der Waals surface area contributed by atoms with Crippen LogP contribution in [0.4, 0.5) is 10.8 Å². The summed E-state index contributed by atoms with van der Waals surface area (Å²) in [5, 5.41) is 14.1. The number of hydrogen-bond donors (Lipinski definition) is 1. The Morgan fingerprint density at radius 2 is 1.75 bits per heavy atom. The molecule has 0 unspecified atom stereocenters. The van der Waals surface area contributed by atoms with E-state index in [0.717, 1.165) is 16.0 Å². The van der Waals surface area contributed by atoms with Crippen LogP contribution in [0.15, 0.2) is 77.4 Å². The second-order valence-corrected chi connectivity index (χ2v) is 6.80. The minimum Gasteiger partial charge on any atom is -0.459 e. The van der Waals surface area contributed by atoms with E-state index in [-0.39, 0.29) is 11.4 Å². The molecule has 0 saturated heterocycles. The lowest BCUT2D eigenvalue weighted by molar-refractivity contribution is -0.384. The number of anilines is 1. The molecule has 4 aromatic rings. The highest BCUT2D eigenvalue weighted by atomic mass is 32.1. The Balaban J connectivity index is 1.74. The first kappa shape index (κ1) is 17.6. The van der Waals surface area contributed by atoms with Crippen molar-refractivity contribution in [1.29, 1.82) is 0 Å². The third kappa shape index (κ3) is 3.53. The lowest BCUT2D eigenvalue weighted by Crippen LogP contribution is -2.10. The van der Waals surface area contributed by atoms with Crippen molar-refractivity contribution in [2.24, 2.45) is 0 Å². The zero-order valence-electron chi connectivity index (χ0n) is 14.4. The largest absolute Gasteiger partial charge is 0.459 e. The van der Waals surface area contributed by atoms with E-state index in [2.05, 4.69) is 10.3 Å². The fraction of sp³-hybridized carbons (Fsp3) is 0. The third-order valence-corrected chi connectivity index (χ3v) is 5.00. The molecule has 28 heavy (non-hydrogen) atoms. The van der Waals surface area contributed by atoms with Crippen molar-refractivity contribution < 1.29 is 14.1 Å². The lowest BCUT2D eigenvalue weighted by Gasteiger charge is -2.02. The number of nitro groups is 1. The van der Waals surface area contributed by atoms with E-state index in [9.17, 15) is 14.9 Å². The number of nitrogens with one attached hydrogen (secondary N) is 1. The van der Waals surface area contributed by atoms with Crippen LogP contribution in [0.25, 0.3) is 21.7 Å². The summed E-state index contributed by atoms with van der Waals surface area (Å²) in [5.41, 5.74) is 2.30. The van der Waals surface area contributed by atoms with Crippen LogP contribution in [0, 0.1) is 10.1 Å². The minimum absolute atomic E-state index is 0.00610. The highest BCUT2D eigenvalue weighted by Crippen LogP contribution is 2.39. The SMILES string of the molecule is O=C(Nc1nc(-c2ccc([N+](=O)[O-])cc2)c(-c2ccccc2)s1)c1ccco1. The summed E-state index contributed by atoms with van der Waals surface area (Å²) >= 11 is 1.32. The number of carbonyl (C=O) groups is 1. The highest BCUT2D eigenvalue weighted by Gasteiger charge is 2.18. The summed E-state index contributed by atoms with van der Waals surface area (Å²) < 4.78 is 5.11. The molecule has 0 aliphatic heterocycles. The maximum absolute atomic E-state index is 12.3. The maximum Gasteiger partial charge on any atom is 0.293 e. The molecule has 2 heterocycles. The smallest absolute Gasteiger partial charge is 0.293 e. The maximum atomic E-state index is 12.3. The van der Waals surface area contributed by atoms with Crippen molar-refractivity contribution in [3.8, 4) is 21.7 Å².